The van der Waals surface area contributed by atoms with Gasteiger partial charge in [-0.3, -0.25) is 0 Å². The monoisotopic (exact) mass is 278 g/mol. The number of rotatable bonds is 1. The van der Waals surface area contributed by atoms with Crippen LogP contribution >= 0.6 is 11.6 Å². The summed E-state index contributed by atoms with van der Waals surface area (Å²) in [6.07, 6.45) is -6.41. The summed E-state index contributed by atoms with van der Waals surface area (Å²) in [5, 5.41) is 8.79. The molecule has 0 unspecified atom stereocenters. The van der Waals surface area contributed by atoms with Gasteiger partial charge in [0.2, 0.25) is 6.10 Å². The fourth-order valence-electron chi connectivity index (χ4n) is 1.61. The second kappa shape index (κ2) is 4.20. The maximum Gasteiger partial charge on any atom is 0.430 e. The van der Waals surface area contributed by atoms with Crippen LogP contribution < -0.4 is 4.74 Å². The number of alkyl halides is 3. The van der Waals surface area contributed by atoms with Gasteiger partial charge in [0.1, 0.15) is 5.75 Å². The van der Waals surface area contributed by atoms with E-state index in [1.807, 2.05) is 0 Å². The van der Waals surface area contributed by atoms with Crippen LogP contribution in [0.3, 0.4) is 0 Å². The quantitative estimate of drug-likeness (QED) is 0.858. The van der Waals surface area contributed by atoms with Crippen LogP contribution in [-0.4, -0.2) is 23.4 Å². The van der Waals surface area contributed by atoms with Crippen molar-refractivity contribution in [3.05, 3.63) is 34.4 Å². The SMILES string of the molecule is O=C(O)C1=Cc2cccc(Cl)c2O[C@@H]1C(F)(F)F. The average molecular weight is 279 g/mol. The van der Waals surface area contributed by atoms with Crippen molar-refractivity contribution in [2.24, 2.45) is 0 Å². The highest BCUT2D eigenvalue weighted by Gasteiger charge is 2.48. The summed E-state index contributed by atoms with van der Waals surface area (Å²) in [7, 11) is 0. The third-order valence-electron chi connectivity index (χ3n) is 2.37. The standard InChI is InChI=1S/C11H6ClF3O3/c12-7-3-1-2-5-4-6(10(16)17)9(11(13,14)15)18-8(5)7/h1-4,9H,(H,16,17)/t9-/m0/s1. The molecule has 1 aliphatic rings. The van der Waals surface area contributed by atoms with Gasteiger partial charge < -0.3 is 9.84 Å². The Morgan fingerprint density at radius 1 is 1.39 bits per heavy atom. The summed E-state index contributed by atoms with van der Waals surface area (Å²) in [6.45, 7) is 0. The number of aliphatic carboxylic acids is 1. The third-order valence-corrected chi connectivity index (χ3v) is 2.67. The summed E-state index contributed by atoms with van der Waals surface area (Å²) < 4.78 is 42.8. The molecule has 0 saturated carbocycles. The molecule has 0 radical (unpaired) electrons. The van der Waals surface area contributed by atoms with E-state index in [1.165, 1.54) is 18.2 Å². The molecule has 0 aliphatic carbocycles. The van der Waals surface area contributed by atoms with Crippen molar-refractivity contribution in [2.45, 2.75) is 12.3 Å². The van der Waals surface area contributed by atoms with E-state index in [-0.39, 0.29) is 16.3 Å². The molecule has 1 N–H and O–H groups in total. The Kier molecular flexibility index (Phi) is 2.98. The third kappa shape index (κ3) is 2.15. The van der Waals surface area contributed by atoms with Gasteiger partial charge in [-0.15, -0.1) is 0 Å². The smallest absolute Gasteiger partial charge is 0.430 e. The number of hydrogen-bond acceptors (Lipinski definition) is 2. The van der Waals surface area contributed by atoms with E-state index < -0.39 is 23.8 Å². The Morgan fingerprint density at radius 3 is 2.61 bits per heavy atom. The number of fused-ring (bicyclic) bond motifs is 1. The molecule has 0 saturated heterocycles. The molecule has 3 nitrogen and oxygen atoms in total. The Bertz CT molecular complexity index is 537. The predicted octanol–water partition coefficient (Wildman–Crippen LogP) is 3.13. The summed E-state index contributed by atoms with van der Waals surface area (Å²) in [5.74, 6) is -1.84. The van der Waals surface area contributed by atoms with Crippen LogP contribution in [0.4, 0.5) is 13.2 Å². The number of carboxylic acid groups (broad SMARTS) is 1. The number of para-hydroxylation sites is 1. The zero-order valence-electron chi connectivity index (χ0n) is 8.66. The van der Waals surface area contributed by atoms with Crippen LogP contribution in [0.1, 0.15) is 5.56 Å². The van der Waals surface area contributed by atoms with E-state index >= 15 is 0 Å². The lowest BCUT2D eigenvalue weighted by atomic mass is 10.0. The molecule has 0 fully saturated rings. The average Bonchev–Trinajstić information content (AvgIpc) is 2.26. The molecule has 0 amide bonds. The highest BCUT2D eigenvalue weighted by atomic mass is 35.5. The number of ether oxygens (including phenoxy) is 1. The molecule has 1 aromatic carbocycles. The lowest BCUT2D eigenvalue weighted by Gasteiger charge is -2.27. The molecular weight excluding hydrogens is 273 g/mol. The summed E-state index contributed by atoms with van der Waals surface area (Å²) in [6, 6.07) is 4.29. The second-order valence-electron chi connectivity index (χ2n) is 3.60. The molecule has 1 aromatic rings. The second-order valence-corrected chi connectivity index (χ2v) is 4.01. The van der Waals surface area contributed by atoms with Crippen LogP contribution in [0.5, 0.6) is 5.75 Å². The number of hydrogen-bond donors (Lipinski definition) is 1. The van der Waals surface area contributed by atoms with E-state index in [0.29, 0.717) is 0 Å². The minimum absolute atomic E-state index is 0.00226. The van der Waals surface area contributed by atoms with Crippen LogP contribution in [0.2, 0.25) is 5.02 Å². The molecule has 96 valence electrons. The fourth-order valence-corrected chi connectivity index (χ4v) is 1.83. The maximum absolute atomic E-state index is 12.7. The fraction of sp³-hybridized carbons (Fsp3) is 0.182. The van der Waals surface area contributed by atoms with Crippen molar-refractivity contribution in [3.8, 4) is 5.75 Å². The largest absolute Gasteiger partial charge is 0.478 e. The van der Waals surface area contributed by atoms with Crippen molar-refractivity contribution in [1.82, 2.24) is 0 Å². The first-order valence-electron chi connectivity index (χ1n) is 4.77. The van der Waals surface area contributed by atoms with Crippen LogP contribution in [0.25, 0.3) is 6.08 Å². The van der Waals surface area contributed by atoms with E-state index in [9.17, 15) is 18.0 Å². The van der Waals surface area contributed by atoms with Gasteiger partial charge in [0.25, 0.3) is 0 Å². The molecule has 0 aromatic heterocycles. The molecule has 0 bridgehead atoms. The Morgan fingerprint density at radius 2 is 2.06 bits per heavy atom. The van der Waals surface area contributed by atoms with Crippen LogP contribution in [0.15, 0.2) is 23.8 Å². The molecule has 18 heavy (non-hydrogen) atoms. The highest BCUT2D eigenvalue weighted by Crippen LogP contribution is 2.40. The molecular formula is C11H6ClF3O3. The summed E-state index contributed by atoms with van der Waals surface area (Å²) in [5.41, 5.74) is -0.655. The molecule has 1 aliphatic heterocycles. The van der Waals surface area contributed by atoms with Crippen molar-refractivity contribution >= 4 is 23.6 Å². The number of benzene rings is 1. The van der Waals surface area contributed by atoms with Gasteiger partial charge in [0.15, 0.2) is 0 Å². The predicted molar refractivity (Wildman–Crippen MR) is 57.5 cm³/mol. The Balaban J connectivity index is 2.57. The number of carbonyl (C=O) groups is 1. The molecule has 2 rings (SSSR count). The van der Waals surface area contributed by atoms with Crippen LogP contribution in [-0.2, 0) is 4.79 Å². The van der Waals surface area contributed by atoms with Gasteiger partial charge in [0.05, 0.1) is 10.6 Å². The minimum atomic E-state index is -4.82. The van der Waals surface area contributed by atoms with E-state index in [2.05, 4.69) is 0 Å². The first-order chi connectivity index (χ1) is 8.30. The minimum Gasteiger partial charge on any atom is -0.478 e. The van der Waals surface area contributed by atoms with Gasteiger partial charge >= 0.3 is 12.1 Å². The summed E-state index contributed by atoms with van der Waals surface area (Å²) >= 11 is 5.72. The van der Waals surface area contributed by atoms with Crippen molar-refractivity contribution in [3.63, 3.8) is 0 Å². The lowest BCUT2D eigenvalue weighted by molar-refractivity contribution is -0.187. The van der Waals surface area contributed by atoms with Crippen molar-refractivity contribution in [2.75, 3.05) is 0 Å². The Labute approximate surface area is 104 Å². The Hall–Kier alpha value is -1.69. The number of carboxylic acids is 1. The zero-order chi connectivity index (χ0) is 13.5. The van der Waals surface area contributed by atoms with Gasteiger partial charge in [0, 0.05) is 5.56 Å². The molecule has 0 spiro atoms. The maximum atomic E-state index is 12.7. The molecule has 1 atom stereocenters. The van der Waals surface area contributed by atoms with Crippen molar-refractivity contribution < 1.29 is 27.8 Å². The number of halogens is 4. The zero-order valence-corrected chi connectivity index (χ0v) is 9.42. The van der Waals surface area contributed by atoms with E-state index in [1.54, 1.807) is 0 Å². The van der Waals surface area contributed by atoms with E-state index in [0.717, 1.165) is 6.08 Å². The van der Waals surface area contributed by atoms with Gasteiger partial charge in [-0.05, 0) is 12.1 Å². The molecule has 1 heterocycles. The topological polar surface area (TPSA) is 46.5 Å². The van der Waals surface area contributed by atoms with E-state index in [4.69, 9.17) is 21.4 Å². The normalized spacial score (nSPS) is 18.7. The molecule has 7 heteroatoms. The van der Waals surface area contributed by atoms with Gasteiger partial charge in [-0.2, -0.15) is 13.2 Å². The summed E-state index contributed by atoms with van der Waals surface area (Å²) in [4.78, 5) is 10.8. The van der Waals surface area contributed by atoms with Crippen LogP contribution in [0, 0.1) is 0 Å². The lowest BCUT2D eigenvalue weighted by Crippen LogP contribution is -2.40. The highest BCUT2D eigenvalue weighted by molar-refractivity contribution is 6.32. The van der Waals surface area contributed by atoms with Gasteiger partial charge in [-0.25, -0.2) is 4.79 Å². The first kappa shape index (κ1) is 12.8. The van der Waals surface area contributed by atoms with Gasteiger partial charge in [-0.1, -0.05) is 23.7 Å². The van der Waals surface area contributed by atoms with Crippen molar-refractivity contribution in [1.29, 1.82) is 0 Å². The first-order valence-corrected chi connectivity index (χ1v) is 5.15.